The molecular weight excluding hydrogens is 231 g/mol. The smallest absolute Gasteiger partial charge is 0.445 e. The number of rotatable bonds is 5. The number of halogens is 5. The predicted molar refractivity (Wildman–Crippen MR) is 41.7 cm³/mol. The first-order valence-electron chi connectivity index (χ1n) is 3.57. The number of hydrogen-bond donors (Lipinski definition) is 0. The number of hydrogen-bond acceptors (Lipinski definition) is 1. The van der Waals surface area contributed by atoms with Gasteiger partial charge in [0.2, 0.25) is 0 Å². The van der Waals surface area contributed by atoms with Gasteiger partial charge >= 0.3 is 58.4 Å². The Morgan fingerprint density at radius 1 is 1.36 bits per heavy atom. The van der Waals surface area contributed by atoms with Gasteiger partial charge in [-0.1, -0.05) is 0 Å². The van der Waals surface area contributed by atoms with Gasteiger partial charge in [-0.25, -0.2) is 8.78 Å². The fourth-order valence-electron chi connectivity index (χ4n) is 0.750. The molecule has 0 spiro atoms. The van der Waals surface area contributed by atoms with E-state index in [9.17, 15) is 21.7 Å². The number of likely N-dealkylation sites (N-methyl/N-ethyl adjacent to an activating group) is 1. The van der Waals surface area contributed by atoms with Crippen molar-refractivity contribution in [1.29, 1.82) is 0 Å². The summed E-state index contributed by atoms with van der Waals surface area (Å²) in [5.41, 5.74) is -0.955. The Morgan fingerprint density at radius 2 is 1.79 bits per heavy atom. The summed E-state index contributed by atoms with van der Waals surface area (Å²) in [7, 11) is 1.19. The van der Waals surface area contributed by atoms with Crippen molar-refractivity contribution in [3.8, 4) is 0 Å². The monoisotopic (exact) mass is 241 g/mol. The Hall–Kier alpha value is 1.05. The average molecular weight is 241 g/mol. The minimum absolute atomic E-state index is 0. The van der Waals surface area contributed by atoms with E-state index in [0.717, 1.165) is 4.90 Å². The molecule has 1 nitrogen and oxygen atoms in total. The minimum Gasteiger partial charge on any atom is -0.445 e. The van der Waals surface area contributed by atoms with Crippen LogP contribution in [0.3, 0.4) is 0 Å². The molecule has 0 N–H and O–H groups in total. The molecule has 0 unspecified atom stereocenters. The van der Waals surface area contributed by atoms with Crippen molar-refractivity contribution >= 4 is 6.98 Å². The molecule has 0 aliphatic carbocycles. The zero-order valence-corrected chi connectivity index (χ0v) is 11.2. The molecule has 0 atom stereocenters. The molecule has 0 amide bonds. The molecule has 0 aromatic heterocycles. The van der Waals surface area contributed by atoms with Crippen molar-refractivity contribution in [3.63, 3.8) is 0 Å². The quantitative estimate of drug-likeness (QED) is 0.447. The molecule has 0 heterocycles. The first-order valence-corrected chi connectivity index (χ1v) is 3.57. The van der Waals surface area contributed by atoms with Crippen LogP contribution in [0.15, 0.2) is 12.1 Å². The Kier molecular flexibility index (Phi) is 9.15. The summed E-state index contributed by atoms with van der Waals surface area (Å²) < 4.78 is 59.1. The van der Waals surface area contributed by atoms with Gasteiger partial charge in [-0.05, 0) is 13.6 Å². The molecule has 0 radical (unpaired) electrons. The summed E-state index contributed by atoms with van der Waals surface area (Å²) in [5, 5.41) is 0. The van der Waals surface area contributed by atoms with Gasteiger partial charge in [-0.2, -0.15) is 0 Å². The molecule has 0 fully saturated rings. The predicted octanol–water partition coefficient (Wildman–Crippen LogP) is -0.870. The second kappa shape index (κ2) is 7.35. The molecule has 14 heavy (non-hydrogen) atoms. The standard InChI is InChI=1S/C6H10BF5N.K/c1-5(7(10,11)12)3-13(2)4-6(8)9;/h6H,1,3-4H2,2H3;/q-1;+1. The molecular formula is C6H10BF5KN. The van der Waals surface area contributed by atoms with E-state index in [-0.39, 0.29) is 51.4 Å². The van der Waals surface area contributed by atoms with Crippen LogP contribution in [-0.2, 0) is 0 Å². The maximum absolute atomic E-state index is 11.9. The van der Waals surface area contributed by atoms with E-state index in [0.29, 0.717) is 0 Å². The third-order valence-corrected chi connectivity index (χ3v) is 1.39. The van der Waals surface area contributed by atoms with Gasteiger partial charge in [0.1, 0.15) is 0 Å². The Labute approximate surface area is 122 Å². The van der Waals surface area contributed by atoms with E-state index >= 15 is 0 Å². The first-order chi connectivity index (χ1) is 5.73. The summed E-state index contributed by atoms with van der Waals surface area (Å²) >= 11 is 0. The number of nitrogens with zero attached hydrogens (tertiary/aromatic N) is 1. The zero-order chi connectivity index (χ0) is 10.6. The van der Waals surface area contributed by atoms with E-state index in [1.165, 1.54) is 7.05 Å². The topological polar surface area (TPSA) is 3.24 Å². The van der Waals surface area contributed by atoms with Gasteiger partial charge in [0, 0.05) is 0 Å². The fourth-order valence-corrected chi connectivity index (χ4v) is 0.750. The molecule has 0 rings (SSSR count). The van der Waals surface area contributed by atoms with Gasteiger partial charge in [-0.3, -0.25) is 4.90 Å². The third kappa shape index (κ3) is 8.37. The molecule has 0 aromatic rings. The number of alkyl halides is 2. The van der Waals surface area contributed by atoms with Crippen LogP contribution in [0.5, 0.6) is 0 Å². The van der Waals surface area contributed by atoms with Gasteiger partial charge < -0.3 is 12.9 Å². The van der Waals surface area contributed by atoms with Crippen molar-refractivity contribution in [1.82, 2.24) is 4.90 Å². The zero-order valence-electron chi connectivity index (χ0n) is 8.11. The Morgan fingerprint density at radius 3 is 2.07 bits per heavy atom. The maximum Gasteiger partial charge on any atom is 1.00 e. The minimum atomic E-state index is -5.11. The maximum atomic E-state index is 11.9. The molecule has 0 bridgehead atoms. The first kappa shape index (κ1) is 17.4. The molecule has 0 aliphatic rings. The van der Waals surface area contributed by atoms with E-state index < -0.39 is 32.0 Å². The van der Waals surface area contributed by atoms with Crippen LogP contribution in [0.25, 0.3) is 0 Å². The Balaban J connectivity index is 0. The molecule has 0 aromatic carbocycles. The van der Waals surface area contributed by atoms with Crippen LogP contribution in [0.2, 0.25) is 0 Å². The summed E-state index contributed by atoms with van der Waals surface area (Å²) in [6.45, 7) is -3.56. The van der Waals surface area contributed by atoms with Crippen LogP contribution >= 0.6 is 0 Å². The van der Waals surface area contributed by atoms with E-state index in [1.807, 2.05) is 0 Å². The fraction of sp³-hybridized carbons (Fsp3) is 0.667. The Bertz CT molecular complexity index is 184. The molecule has 78 valence electrons. The largest absolute Gasteiger partial charge is 1.00 e. The van der Waals surface area contributed by atoms with Crippen LogP contribution in [-0.4, -0.2) is 38.4 Å². The van der Waals surface area contributed by atoms with Gasteiger partial charge in [-0.15, -0.1) is 12.1 Å². The summed E-state index contributed by atoms with van der Waals surface area (Å²) in [4.78, 5) is 0.891. The summed E-state index contributed by atoms with van der Waals surface area (Å²) in [6, 6.07) is 0. The molecule has 0 saturated heterocycles. The normalized spacial score (nSPS) is 11.7. The third-order valence-electron chi connectivity index (χ3n) is 1.39. The average Bonchev–Trinajstić information content (AvgIpc) is 1.82. The second-order valence-corrected chi connectivity index (χ2v) is 2.82. The molecule has 8 heteroatoms. The van der Waals surface area contributed by atoms with E-state index in [2.05, 4.69) is 6.58 Å². The van der Waals surface area contributed by atoms with Crippen molar-refractivity contribution in [3.05, 3.63) is 12.1 Å². The van der Waals surface area contributed by atoms with Crippen LogP contribution < -0.4 is 51.4 Å². The SMILES string of the molecule is C=C(CN(C)CC(F)F)[B-](F)(F)F.[K+]. The van der Waals surface area contributed by atoms with Crippen molar-refractivity contribution in [2.75, 3.05) is 20.1 Å². The van der Waals surface area contributed by atoms with Gasteiger partial charge in [0.15, 0.2) is 0 Å². The van der Waals surface area contributed by atoms with E-state index in [4.69, 9.17) is 0 Å². The van der Waals surface area contributed by atoms with Crippen molar-refractivity contribution in [2.45, 2.75) is 6.43 Å². The second-order valence-electron chi connectivity index (χ2n) is 2.82. The summed E-state index contributed by atoms with van der Waals surface area (Å²) in [6.07, 6.45) is -2.63. The molecule has 0 saturated carbocycles. The van der Waals surface area contributed by atoms with Crippen LogP contribution in [0.4, 0.5) is 21.7 Å². The van der Waals surface area contributed by atoms with Crippen molar-refractivity contribution < 1.29 is 73.1 Å². The van der Waals surface area contributed by atoms with Crippen LogP contribution in [0, 0.1) is 0 Å². The van der Waals surface area contributed by atoms with Gasteiger partial charge in [0.05, 0.1) is 6.54 Å². The molecule has 0 aliphatic heterocycles. The van der Waals surface area contributed by atoms with E-state index in [1.54, 1.807) is 0 Å². The summed E-state index contributed by atoms with van der Waals surface area (Å²) in [5.74, 6) is 0. The van der Waals surface area contributed by atoms with Crippen LogP contribution in [0.1, 0.15) is 0 Å². The van der Waals surface area contributed by atoms with Crippen molar-refractivity contribution in [2.24, 2.45) is 0 Å². The van der Waals surface area contributed by atoms with Gasteiger partial charge in [0.25, 0.3) is 6.43 Å².